The highest BCUT2D eigenvalue weighted by atomic mass is 31.1. The molecule has 2 amide bonds. The Bertz CT molecular complexity index is 1740. The number of nitrogens with one attached hydrogen (secondary N) is 2. The zero-order valence-electron chi connectivity index (χ0n) is 34.1. The van der Waals surface area contributed by atoms with Crippen LogP contribution >= 0.6 is 15.8 Å². The van der Waals surface area contributed by atoms with Crippen LogP contribution in [0.25, 0.3) is 0 Å². The Morgan fingerprint density at radius 2 is 0.696 bits per heavy atom. The third-order valence-electron chi connectivity index (χ3n) is 10.8. The summed E-state index contributed by atoms with van der Waals surface area (Å²) in [5.74, 6) is 1.30. The standard InChI is InChI=1S/C50H54N2O2P2/c1-31-19-32(2)24-39(23-31)55(40-25-33(3)20-34(4)26-40)47-17-11-13-43(47)49(53)51-45-15-9-10-16-46(45)52-50(54)44-14-12-18-48(44)56(41-27-35(5)21-36(6)28-41)42-29-37(7)22-38(8)30-42/h11-14,17-30,45-46H,9-10,15-16H2,1-8H3,(H,51,53)(H,52,54)/t45-,46+. The number of hydrogen-bond donors (Lipinski definition) is 2. The van der Waals surface area contributed by atoms with E-state index in [1.165, 1.54) is 65.7 Å². The molecule has 2 atom stereocenters. The molecular formula is C50H54N2O2P2. The smallest absolute Gasteiger partial charge is 0.228 e. The van der Waals surface area contributed by atoms with Gasteiger partial charge in [-0.25, -0.2) is 0 Å². The van der Waals surface area contributed by atoms with E-state index in [4.69, 9.17) is 0 Å². The molecule has 4 nitrogen and oxygen atoms in total. The molecule has 56 heavy (non-hydrogen) atoms. The van der Waals surface area contributed by atoms with Crippen molar-refractivity contribution in [2.75, 3.05) is 0 Å². The first-order chi connectivity index (χ1) is 26.8. The summed E-state index contributed by atoms with van der Waals surface area (Å²) in [4.78, 5) is 28.9. The van der Waals surface area contributed by atoms with E-state index in [0.717, 1.165) is 48.8 Å². The highest BCUT2D eigenvalue weighted by molar-refractivity contribution is 7.76. The highest BCUT2D eigenvalue weighted by Gasteiger charge is 2.45. The number of rotatable bonds is 10. The van der Waals surface area contributed by atoms with Gasteiger partial charge in [-0.3, -0.25) is 9.59 Å². The van der Waals surface area contributed by atoms with Gasteiger partial charge in [-0.2, -0.15) is 0 Å². The van der Waals surface area contributed by atoms with Gasteiger partial charge < -0.3 is 10.6 Å². The lowest BCUT2D eigenvalue weighted by Crippen LogP contribution is -2.55. The molecule has 3 aliphatic rings. The van der Waals surface area contributed by atoms with Crippen molar-refractivity contribution in [2.24, 2.45) is 0 Å². The summed E-state index contributed by atoms with van der Waals surface area (Å²) in [6.45, 7) is 17.2. The third kappa shape index (κ3) is 9.35. The molecule has 3 fully saturated rings. The van der Waals surface area contributed by atoms with Crippen molar-refractivity contribution >= 4 is 48.9 Å². The number of hydrogen-bond acceptors (Lipinski definition) is 2. The van der Waals surface area contributed by atoms with Crippen molar-refractivity contribution in [1.82, 2.24) is 10.6 Å². The number of aryl methyl sites for hydroxylation is 8. The average Bonchev–Trinajstić information content (AvgIpc) is 3.79. The van der Waals surface area contributed by atoms with E-state index in [9.17, 15) is 9.59 Å². The van der Waals surface area contributed by atoms with Gasteiger partial charge in [0.2, 0.25) is 11.8 Å². The molecule has 0 spiro atoms. The van der Waals surface area contributed by atoms with Crippen LogP contribution in [0.3, 0.4) is 0 Å². The van der Waals surface area contributed by atoms with E-state index in [-0.39, 0.29) is 23.9 Å². The molecule has 6 heteroatoms. The molecule has 3 aliphatic carbocycles. The van der Waals surface area contributed by atoms with Crippen LogP contribution in [0.4, 0.5) is 0 Å². The predicted molar refractivity (Wildman–Crippen MR) is 237 cm³/mol. The molecular weight excluding hydrogens is 723 g/mol. The predicted octanol–water partition coefficient (Wildman–Crippen LogP) is 8.73. The van der Waals surface area contributed by atoms with Crippen LogP contribution in [0.15, 0.2) is 72.8 Å². The molecule has 4 aromatic carbocycles. The normalized spacial score (nSPS) is 20.0. The van der Waals surface area contributed by atoms with Crippen molar-refractivity contribution in [2.45, 2.75) is 93.2 Å². The van der Waals surface area contributed by atoms with Gasteiger partial charge in [0.25, 0.3) is 0 Å². The Hall–Kier alpha value is -3.32. The topological polar surface area (TPSA) is 58.2 Å². The van der Waals surface area contributed by atoms with Crippen LogP contribution in [-0.2, 0) is 9.59 Å². The summed E-state index contributed by atoms with van der Waals surface area (Å²) in [7, 11) is -1.97. The molecule has 286 valence electrons. The van der Waals surface area contributed by atoms with E-state index in [1.54, 1.807) is 0 Å². The van der Waals surface area contributed by atoms with Gasteiger partial charge in [-0.05, 0) is 144 Å². The van der Waals surface area contributed by atoms with Crippen molar-refractivity contribution in [3.05, 3.63) is 179 Å². The Labute approximate surface area is 339 Å². The second kappa shape index (κ2) is 17.7. The maximum atomic E-state index is 14.4. The van der Waals surface area contributed by atoms with E-state index in [2.05, 4.69) is 152 Å². The lowest BCUT2D eigenvalue weighted by molar-refractivity contribution is -0.122. The maximum absolute atomic E-state index is 14.4. The third-order valence-corrected chi connectivity index (χ3v) is 15.7. The molecule has 4 aromatic rings. The summed E-state index contributed by atoms with van der Waals surface area (Å²) < 4.78 is 0. The fraction of sp³-hybridized carbons (Fsp3) is 0.280. The van der Waals surface area contributed by atoms with Crippen LogP contribution in [0.5, 0.6) is 0 Å². The maximum Gasteiger partial charge on any atom is 0.228 e. The molecule has 7 rings (SSSR count). The number of carbonyl (C=O) groups is 2. The lowest BCUT2D eigenvalue weighted by Gasteiger charge is -2.36. The Balaban J connectivity index is 1.11. The van der Waals surface area contributed by atoms with Crippen molar-refractivity contribution in [1.29, 1.82) is 0 Å². The first-order valence-electron chi connectivity index (χ1n) is 19.9. The summed E-state index contributed by atoms with van der Waals surface area (Å²) >= 11 is 0. The molecule has 0 heterocycles. The van der Waals surface area contributed by atoms with Gasteiger partial charge in [0.15, 0.2) is 0 Å². The van der Waals surface area contributed by atoms with Gasteiger partial charge in [-0.15, -0.1) is 0 Å². The zero-order valence-corrected chi connectivity index (χ0v) is 35.9. The molecule has 0 unspecified atom stereocenters. The van der Waals surface area contributed by atoms with Crippen LogP contribution in [-0.4, -0.2) is 23.9 Å². The minimum atomic E-state index is -0.986. The van der Waals surface area contributed by atoms with E-state index in [0.29, 0.717) is 0 Å². The molecule has 10 radical (unpaired) electrons. The summed E-state index contributed by atoms with van der Waals surface area (Å²) in [6, 6.07) is 26.7. The fourth-order valence-corrected chi connectivity index (χ4v) is 14.4. The largest absolute Gasteiger partial charge is 0.351 e. The first kappa shape index (κ1) is 40.9. The fourth-order valence-electron chi connectivity index (χ4n) is 8.74. The van der Waals surface area contributed by atoms with Crippen LogP contribution in [0.2, 0.25) is 0 Å². The lowest BCUT2D eigenvalue weighted by atomic mass is 9.89. The van der Waals surface area contributed by atoms with E-state index >= 15 is 0 Å². The van der Waals surface area contributed by atoms with Crippen LogP contribution in [0.1, 0.15) is 70.2 Å². The van der Waals surface area contributed by atoms with Gasteiger partial charge in [-0.1, -0.05) is 130 Å². The molecule has 0 saturated heterocycles. The highest BCUT2D eigenvalue weighted by Crippen LogP contribution is 2.57. The Morgan fingerprint density at radius 1 is 0.429 bits per heavy atom. The molecule has 2 N–H and O–H groups in total. The zero-order chi connectivity index (χ0) is 39.7. The van der Waals surface area contributed by atoms with Crippen molar-refractivity contribution in [3.8, 4) is 0 Å². The molecule has 0 bridgehead atoms. The molecule has 0 aromatic heterocycles. The van der Waals surface area contributed by atoms with E-state index in [1.807, 2.05) is 25.7 Å². The minimum Gasteiger partial charge on any atom is -0.351 e. The first-order valence-corrected chi connectivity index (χ1v) is 22.6. The summed E-state index contributed by atoms with van der Waals surface area (Å²) in [5, 5.41) is 11.9. The van der Waals surface area contributed by atoms with Gasteiger partial charge in [0, 0.05) is 23.4 Å². The van der Waals surface area contributed by atoms with E-state index < -0.39 is 15.8 Å². The SMILES string of the molecule is Cc1cc(C)cc(P([C]2[CH][CH][CH][C]2C(=O)N[C@H]2CCCC[C@H]2NC(=O)[C]2[CH][CH][CH][C]2P(c2cc(C)cc(C)c2)c2cc(C)cc(C)c2)c2cc(C)cc(C)c2)c1. The van der Waals surface area contributed by atoms with Crippen LogP contribution in [0, 0.1) is 117 Å². The second-order valence-corrected chi connectivity index (χ2v) is 20.5. The molecule has 0 aliphatic heterocycles. The second-order valence-electron chi connectivity index (χ2n) is 16.1. The van der Waals surface area contributed by atoms with Crippen molar-refractivity contribution < 1.29 is 9.59 Å². The Morgan fingerprint density at radius 3 is 0.964 bits per heavy atom. The molecule has 3 saturated carbocycles. The monoisotopic (exact) mass is 776 g/mol. The van der Waals surface area contributed by atoms with Gasteiger partial charge in [0.1, 0.15) is 0 Å². The van der Waals surface area contributed by atoms with Crippen molar-refractivity contribution in [3.63, 3.8) is 0 Å². The summed E-state index contributed by atoms with van der Waals surface area (Å²) in [6.07, 6.45) is 15.9. The number of amides is 2. The summed E-state index contributed by atoms with van der Waals surface area (Å²) in [5.41, 5.74) is 11.9. The minimum absolute atomic E-state index is 0.0699. The Kier molecular flexibility index (Phi) is 12.9. The average molecular weight is 777 g/mol. The quantitative estimate of drug-likeness (QED) is 0.159. The van der Waals surface area contributed by atoms with Crippen LogP contribution < -0.4 is 31.9 Å². The number of benzene rings is 4. The van der Waals surface area contributed by atoms with Gasteiger partial charge in [0.05, 0.1) is 11.8 Å². The van der Waals surface area contributed by atoms with Gasteiger partial charge >= 0.3 is 0 Å². The number of carbonyl (C=O) groups excluding carboxylic acids is 2.